The third kappa shape index (κ3) is 6.14. The molecule has 3 atom stereocenters. The summed E-state index contributed by atoms with van der Waals surface area (Å²) in [6.07, 6.45) is -2.33. The summed E-state index contributed by atoms with van der Waals surface area (Å²) in [6.45, 7) is 0.570. The first-order chi connectivity index (χ1) is 21.1. The largest absolute Gasteiger partial charge is 0.490 e. The molecule has 2 aliphatic heterocycles. The molecule has 230 valence electrons. The highest BCUT2D eigenvalue weighted by molar-refractivity contribution is 6.05. The Bertz CT molecular complexity index is 1550. The number of rotatable bonds is 5. The van der Waals surface area contributed by atoms with Crippen LogP contribution in [0.5, 0.6) is 5.75 Å². The molecular weight excluding hydrogens is 575 g/mol. The van der Waals surface area contributed by atoms with Crippen LogP contribution in [0.3, 0.4) is 0 Å². The van der Waals surface area contributed by atoms with E-state index in [2.05, 4.69) is 22.8 Å². The third-order valence-electron chi connectivity index (χ3n) is 8.67. The second kappa shape index (κ2) is 12.0. The van der Waals surface area contributed by atoms with Crippen molar-refractivity contribution in [1.29, 1.82) is 0 Å². The van der Waals surface area contributed by atoms with E-state index in [1.165, 1.54) is 17.2 Å². The van der Waals surface area contributed by atoms with Crippen LogP contribution >= 0.6 is 0 Å². The molecule has 1 fully saturated rings. The van der Waals surface area contributed by atoms with Crippen molar-refractivity contribution in [3.8, 4) is 5.75 Å². The highest BCUT2D eigenvalue weighted by Gasteiger charge is 2.39. The Balaban J connectivity index is 1.07. The van der Waals surface area contributed by atoms with Crippen molar-refractivity contribution in [2.45, 2.75) is 50.1 Å². The van der Waals surface area contributed by atoms with E-state index in [0.29, 0.717) is 30.8 Å². The molecule has 2 heterocycles. The molecular formula is C33H32F3N3O5. The number of ether oxygens (including phenoxy) is 2. The fourth-order valence-electron chi connectivity index (χ4n) is 6.22. The van der Waals surface area contributed by atoms with Gasteiger partial charge in [0.15, 0.2) is 0 Å². The molecule has 8 nitrogen and oxygen atoms in total. The van der Waals surface area contributed by atoms with Gasteiger partial charge in [0.05, 0.1) is 23.3 Å². The number of fused-ring (bicyclic) bond motifs is 3. The van der Waals surface area contributed by atoms with Crippen LogP contribution in [0.2, 0.25) is 0 Å². The summed E-state index contributed by atoms with van der Waals surface area (Å²) in [7, 11) is 1.70. The Kier molecular flexibility index (Phi) is 8.06. The second-order valence-electron chi connectivity index (χ2n) is 11.5. The second-order valence-corrected chi connectivity index (χ2v) is 11.5. The highest BCUT2D eigenvalue weighted by atomic mass is 19.4. The molecule has 0 radical (unpaired) electrons. The topological polar surface area (TPSA) is 97.0 Å². The SMILES string of the molecule is CN1C(=O)c2cc(NC(=O)c3ccc(C(F)(F)F)cc3)ccc2OC[C@@H]2O[C@H](CNC(=O)C3Cc4ccccc4C3)CC[C@@H]21. The van der Waals surface area contributed by atoms with Gasteiger partial charge in [-0.15, -0.1) is 0 Å². The Hall–Kier alpha value is -4.38. The summed E-state index contributed by atoms with van der Waals surface area (Å²) in [4.78, 5) is 40.7. The number of amides is 3. The molecule has 3 amide bonds. The van der Waals surface area contributed by atoms with Crippen LogP contribution in [0.15, 0.2) is 66.7 Å². The predicted octanol–water partition coefficient (Wildman–Crippen LogP) is 4.87. The normalized spacial score (nSPS) is 21.7. The molecule has 0 saturated carbocycles. The van der Waals surface area contributed by atoms with Crippen LogP contribution in [0.4, 0.5) is 18.9 Å². The molecule has 11 heteroatoms. The molecule has 1 saturated heterocycles. The summed E-state index contributed by atoms with van der Waals surface area (Å²) < 4.78 is 50.9. The van der Waals surface area contributed by atoms with Gasteiger partial charge in [0.2, 0.25) is 5.91 Å². The molecule has 3 aliphatic rings. The number of likely N-dealkylation sites (N-methyl/N-ethyl adjacent to an activating group) is 1. The summed E-state index contributed by atoms with van der Waals surface area (Å²) in [5, 5.41) is 5.70. The summed E-state index contributed by atoms with van der Waals surface area (Å²) >= 11 is 0. The minimum atomic E-state index is -4.50. The molecule has 2 N–H and O–H groups in total. The zero-order valence-electron chi connectivity index (χ0n) is 24.0. The van der Waals surface area contributed by atoms with E-state index < -0.39 is 23.8 Å². The maximum absolute atomic E-state index is 13.5. The minimum absolute atomic E-state index is 0.0169. The first kappa shape index (κ1) is 29.7. The van der Waals surface area contributed by atoms with Gasteiger partial charge in [0.1, 0.15) is 18.5 Å². The minimum Gasteiger partial charge on any atom is -0.490 e. The fraction of sp³-hybridized carbons (Fsp3) is 0.364. The summed E-state index contributed by atoms with van der Waals surface area (Å²) in [5.74, 6) is -0.659. The van der Waals surface area contributed by atoms with Crippen molar-refractivity contribution in [3.63, 3.8) is 0 Å². The van der Waals surface area contributed by atoms with E-state index in [1.807, 2.05) is 12.1 Å². The summed E-state index contributed by atoms with van der Waals surface area (Å²) in [6, 6.07) is 16.4. The molecule has 3 aromatic carbocycles. The molecule has 3 aromatic rings. The van der Waals surface area contributed by atoms with Crippen molar-refractivity contribution in [2.75, 3.05) is 25.5 Å². The standard InChI is InChI=1S/C33H32F3N3O5/c1-39-27-12-11-25(17-37-30(40)22-14-20-4-2-3-5-21(20)15-22)44-29(27)18-43-28-13-10-24(16-26(28)32(39)42)38-31(41)19-6-8-23(9-7-19)33(34,35)36/h2-10,13,16,22,25,27,29H,11-12,14-15,17-18H2,1H3,(H,37,40)(H,38,41)/t25-,27-,29-/m0/s1. The molecule has 44 heavy (non-hydrogen) atoms. The van der Waals surface area contributed by atoms with Crippen molar-refractivity contribution < 1.29 is 37.0 Å². The molecule has 0 bridgehead atoms. The lowest BCUT2D eigenvalue weighted by molar-refractivity contribution is -0.137. The van der Waals surface area contributed by atoms with Crippen LogP contribution in [0.25, 0.3) is 0 Å². The number of hydrogen-bond acceptors (Lipinski definition) is 5. The number of alkyl halides is 3. The quantitative estimate of drug-likeness (QED) is 0.432. The molecule has 1 aliphatic carbocycles. The molecule has 0 unspecified atom stereocenters. The van der Waals surface area contributed by atoms with Crippen LogP contribution in [0, 0.1) is 5.92 Å². The Morgan fingerprint density at radius 3 is 2.36 bits per heavy atom. The number of carbonyl (C=O) groups excluding carboxylic acids is 3. The van der Waals surface area contributed by atoms with Crippen molar-refractivity contribution in [2.24, 2.45) is 5.92 Å². The van der Waals surface area contributed by atoms with E-state index in [0.717, 1.165) is 37.1 Å². The zero-order valence-corrected chi connectivity index (χ0v) is 24.0. The maximum atomic E-state index is 13.5. The Morgan fingerprint density at radius 1 is 0.977 bits per heavy atom. The van der Waals surface area contributed by atoms with Gasteiger partial charge in [-0.1, -0.05) is 24.3 Å². The number of nitrogens with zero attached hydrogens (tertiary/aromatic N) is 1. The van der Waals surface area contributed by atoms with Crippen molar-refractivity contribution >= 4 is 23.4 Å². The van der Waals surface area contributed by atoms with E-state index in [9.17, 15) is 27.6 Å². The monoisotopic (exact) mass is 607 g/mol. The van der Waals surface area contributed by atoms with Gasteiger partial charge in [-0.25, -0.2) is 0 Å². The Morgan fingerprint density at radius 2 is 1.68 bits per heavy atom. The van der Waals surface area contributed by atoms with Gasteiger partial charge >= 0.3 is 6.18 Å². The van der Waals surface area contributed by atoms with Crippen LogP contribution in [-0.4, -0.2) is 61.1 Å². The predicted molar refractivity (Wildman–Crippen MR) is 155 cm³/mol. The van der Waals surface area contributed by atoms with E-state index >= 15 is 0 Å². The smallest absolute Gasteiger partial charge is 0.416 e. The van der Waals surface area contributed by atoms with Crippen LogP contribution < -0.4 is 15.4 Å². The number of benzene rings is 3. The van der Waals surface area contributed by atoms with E-state index in [-0.39, 0.29) is 47.6 Å². The van der Waals surface area contributed by atoms with Gasteiger partial charge in [0.25, 0.3) is 11.8 Å². The lowest BCUT2D eigenvalue weighted by atomic mass is 9.95. The number of hydrogen-bond donors (Lipinski definition) is 2. The van der Waals surface area contributed by atoms with Crippen LogP contribution in [0.1, 0.15) is 50.2 Å². The zero-order chi connectivity index (χ0) is 31.0. The average Bonchev–Trinajstić information content (AvgIpc) is 3.46. The Labute approximate surface area is 252 Å². The third-order valence-corrected chi connectivity index (χ3v) is 8.67. The highest BCUT2D eigenvalue weighted by Crippen LogP contribution is 2.33. The summed E-state index contributed by atoms with van der Waals surface area (Å²) in [5.41, 5.74) is 2.19. The lowest BCUT2D eigenvalue weighted by Gasteiger charge is -2.42. The lowest BCUT2D eigenvalue weighted by Crippen LogP contribution is -2.55. The number of halogens is 3. The van der Waals surface area contributed by atoms with Crippen molar-refractivity contribution in [3.05, 3.63) is 94.5 Å². The molecule has 0 spiro atoms. The fourth-order valence-corrected chi connectivity index (χ4v) is 6.22. The van der Waals surface area contributed by atoms with Gasteiger partial charge in [-0.2, -0.15) is 13.2 Å². The van der Waals surface area contributed by atoms with E-state index in [4.69, 9.17) is 9.47 Å². The maximum Gasteiger partial charge on any atom is 0.416 e. The first-order valence-electron chi connectivity index (χ1n) is 14.6. The van der Waals surface area contributed by atoms with Crippen molar-refractivity contribution in [1.82, 2.24) is 10.2 Å². The molecule has 6 rings (SSSR count). The first-order valence-corrected chi connectivity index (χ1v) is 14.6. The number of carbonyl (C=O) groups is 3. The van der Waals surface area contributed by atoms with Gasteiger partial charge in [0, 0.05) is 30.8 Å². The molecule has 0 aromatic heterocycles. The number of nitrogens with one attached hydrogen (secondary N) is 2. The average molecular weight is 608 g/mol. The van der Waals surface area contributed by atoms with E-state index in [1.54, 1.807) is 24.1 Å². The van der Waals surface area contributed by atoms with Crippen LogP contribution in [-0.2, 0) is 28.5 Å². The van der Waals surface area contributed by atoms with Gasteiger partial charge in [-0.3, -0.25) is 14.4 Å². The van der Waals surface area contributed by atoms with Gasteiger partial charge in [-0.05, 0) is 79.3 Å². The number of anilines is 1. The van der Waals surface area contributed by atoms with Gasteiger partial charge < -0.3 is 25.0 Å².